The second-order valence-electron chi connectivity index (χ2n) is 6.07. The van der Waals surface area contributed by atoms with Gasteiger partial charge in [0.05, 0.1) is 5.56 Å². The average Bonchev–Trinajstić information content (AvgIpc) is 2.43. The number of aryl methyl sites for hydroxylation is 1. The van der Waals surface area contributed by atoms with Crippen molar-refractivity contribution in [1.82, 2.24) is 4.90 Å². The van der Waals surface area contributed by atoms with Crippen LogP contribution >= 0.6 is 0 Å². The molecule has 1 heterocycles. The fraction of sp³-hybridized carbons (Fsp3) is 0.588. The van der Waals surface area contributed by atoms with Gasteiger partial charge in [-0.25, -0.2) is 0 Å². The minimum atomic E-state index is 0.170. The molecule has 3 nitrogen and oxygen atoms in total. The number of carbonyl (C=O) groups excluding carboxylic acids is 1. The van der Waals surface area contributed by atoms with Crippen LogP contribution in [-0.4, -0.2) is 29.9 Å². The smallest absolute Gasteiger partial charge is 0.256 e. The Kier molecular flexibility index (Phi) is 4.69. The number of nitrogens with zero attached hydrogens (tertiary/aromatic N) is 1. The molecule has 0 aliphatic carbocycles. The molecule has 2 atom stereocenters. The summed E-state index contributed by atoms with van der Waals surface area (Å²) in [6.45, 7) is 10.2. The first-order valence-corrected chi connectivity index (χ1v) is 7.68. The van der Waals surface area contributed by atoms with E-state index in [1.54, 1.807) is 0 Å². The third-order valence-electron chi connectivity index (χ3n) is 4.15. The first-order chi connectivity index (χ1) is 9.52. The maximum Gasteiger partial charge on any atom is 0.256 e. The molecule has 3 heteroatoms. The highest BCUT2D eigenvalue weighted by atomic mass is 16.2. The zero-order chi connectivity index (χ0) is 14.7. The van der Waals surface area contributed by atoms with Crippen molar-refractivity contribution < 1.29 is 4.79 Å². The molecule has 1 amide bonds. The Morgan fingerprint density at radius 3 is 2.80 bits per heavy atom. The van der Waals surface area contributed by atoms with Crippen LogP contribution < -0.4 is 5.32 Å². The quantitative estimate of drug-likeness (QED) is 0.911. The van der Waals surface area contributed by atoms with E-state index >= 15 is 0 Å². The van der Waals surface area contributed by atoms with Crippen LogP contribution in [0.4, 0.5) is 5.69 Å². The number of hydrogen-bond acceptors (Lipinski definition) is 2. The van der Waals surface area contributed by atoms with Crippen molar-refractivity contribution in [2.24, 2.45) is 5.92 Å². The summed E-state index contributed by atoms with van der Waals surface area (Å²) in [5.41, 5.74) is 2.90. The van der Waals surface area contributed by atoms with Gasteiger partial charge < -0.3 is 10.2 Å². The topological polar surface area (TPSA) is 32.3 Å². The monoisotopic (exact) mass is 274 g/mol. The van der Waals surface area contributed by atoms with Crippen LogP contribution in [0.15, 0.2) is 18.2 Å². The molecule has 2 unspecified atom stereocenters. The second kappa shape index (κ2) is 6.29. The van der Waals surface area contributed by atoms with Gasteiger partial charge in [-0.2, -0.15) is 0 Å². The summed E-state index contributed by atoms with van der Waals surface area (Å²) >= 11 is 0. The van der Waals surface area contributed by atoms with Crippen LogP contribution in [0.25, 0.3) is 0 Å². The minimum Gasteiger partial charge on any atom is -0.385 e. The Morgan fingerprint density at radius 1 is 1.35 bits per heavy atom. The zero-order valence-electron chi connectivity index (χ0n) is 13.1. The number of piperidine rings is 1. The van der Waals surface area contributed by atoms with Gasteiger partial charge in [0.1, 0.15) is 0 Å². The lowest BCUT2D eigenvalue weighted by molar-refractivity contribution is 0.0575. The van der Waals surface area contributed by atoms with Crippen LogP contribution in [0.1, 0.15) is 49.5 Å². The first-order valence-electron chi connectivity index (χ1n) is 7.68. The number of anilines is 1. The maximum atomic E-state index is 12.9. The molecule has 1 fully saturated rings. The number of amides is 1. The normalized spacial score (nSPS) is 22.7. The van der Waals surface area contributed by atoms with Gasteiger partial charge >= 0.3 is 0 Å². The largest absolute Gasteiger partial charge is 0.385 e. The minimum absolute atomic E-state index is 0.170. The van der Waals surface area contributed by atoms with Gasteiger partial charge in [0, 0.05) is 24.8 Å². The molecule has 1 aromatic carbocycles. The molecular weight excluding hydrogens is 248 g/mol. The maximum absolute atomic E-state index is 12.9. The number of nitrogens with one attached hydrogen (secondary N) is 1. The summed E-state index contributed by atoms with van der Waals surface area (Å²) in [6, 6.07) is 6.42. The Morgan fingerprint density at radius 2 is 2.10 bits per heavy atom. The summed E-state index contributed by atoms with van der Waals surface area (Å²) in [7, 11) is 0. The lowest BCUT2D eigenvalue weighted by Crippen LogP contribution is -2.45. The number of hydrogen-bond donors (Lipinski definition) is 1. The zero-order valence-corrected chi connectivity index (χ0v) is 13.1. The summed E-state index contributed by atoms with van der Waals surface area (Å²) in [5, 5.41) is 3.30. The van der Waals surface area contributed by atoms with E-state index in [4.69, 9.17) is 0 Å². The lowest BCUT2D eigenvalue weighted by Gasteiger charge is -2.37. The molecule has 1 N–H and O–H groups in total. The van der Waals surface area contributed by atoms with E-state index < -0.39 is 0 Å². The molecule has 1 saturated heterocycles. The molecule has 0 bridgehead atoms. The van der Waals surface area contributed by atoms with Gasteiger partial charge in [0.25, 0.3) is 5.91 Å². The van der Waals surface area contributed by atoms with Crippen molar-refractivity contribution in [3.63, 3.8) is 0 Å². The van der Waals surface area contributed by atoms with Crippen molar-refractivity contribution in [1.29, 1.82) is 0 Å². The van der Waals surface area contributed by atoms with E-state index in [0.29, 0.717) is 12.0 Å². The fourth-order valence-corrected chi connectivity index (χ4v) is 2.91. The van der Waals surface area contributed by atoms with Gasteiger partial charge in [-0.15, -0.1) is 0 Å². The van der Waals surface area contributed by atoms with E-state index in [2.05, 4.69) is 32.2 Å². The number of carbonyl (C=O) groups is 1. The third-order valence-corrected chi connectivity index (χ3v) is 4.15. The average molecular weight is 274 g/mol. The van der Waals surface area contributed by atoms with E-state index in [1.165, 1.54) is 6.42 Å². The summed E-state index contributed by atoms with van der Waals surface area (Å²) < 4.78 is 0. The molecule has 110 valence electrons. The fourth-order valence-electron chi connectivity index (χ4n) is 2.91. The molecule has 2 rings (SSSR count). The number of likely N-dealkylation sites (tertiary alicyclic amines) is 1. The molecule has 1 aliphatic heterocycles. The first kappa shape index (κ1) is 14.9. The molecule has 0 aromatic heterocycles. The molecular formula is C17H26N2O. The standard InChI is InChI=1S/C17H26N2O/c1-5-18-16-9-7-12(2)10-15(16)17(20)19-11-13(3)6-8-14(19)4/h7,9-10,13-14,18H,5-6,8,11H2,1-4H3. The number of rotatable bonds is 3. The van der Waals surface area contributed by atoms with Crippen molar-refractivity contribution in [2.75, 3.05) is 18.4 Å². The predicted octanol–water partition coefficient (Wildman–Crippen LogP) is 3.69. The highest BCUT2D eigenvalue weighted by molar-refractivity contribution is 6.00. The highest BCUT2D eigenvalue weighted by Crippen LogP contribution is 2.26. The van der Waals surface area contributed by atoms with Crippen LogP contribution in [0.2, 0.25) is 0 Å². The summed E-state index contributed by atoms with van der Waals surface area (Å²) in [6.07, 6.45) is 2.33. The van der Waals surface area contributed by atoms with E-state index in [9.17, 15) is 4.79 Å². The van der Waals surface area contributed by atoms with Crippen molar-refractivity contribution in [3.8, 4) is 0 Å². The van der Waals surface area contributed by atoms with Gasteiger partial charge in [-0.1, -0.05) is 18.6 Å². The predicted molar refractivity (Wildman–Crippen MR) is 84.2 cm³/mol. The van der Waals surface area contributed by atoms with Crippen molar-refractivity contribution >= 4 is 11.6 Å². The Hall–Kier alpha value is -1.51. The van der Waals surface area contributed by atoms with Crippen LogP contribution in [0.5, 0.6) is 0 Å². The van der Waals surface area contributed by atoms with Gasteiger partial charge in [-0.3, -0.25) is 4.79 Å². The van der Waals surface area contributed by atoms with Crippen molar-refractivity contribution in [2.45, 2.75) is 46.6 Å². The molecule has 20 heavy (non-hydrogen) atoms. The van der Waals surface area contributed by atoms with Crippen molar-refractivity contribution in [3.05, 3.63) is 29.3 Å². The lowest BCUT2D eigenvalue weighted by atomic mass is 9.94. The van der Waals surface area contributed by atoms with Gasteiger partial charge in [-0.05, 0) is 51.7 Å². The summed E-state index contributed by atoms with van der Waals surface area (Å²) in [5.74, 6) is 0.770. The Balaban J connectivity index is 2.29. The van der Waals surface area contributed by atoms with Crippen LogP contribution in [0.3, 0.4) is 0 Å². The molecule has 0 radical (unpaired) electrons. The second-order valence-corrected chi connectivity index (χ2v) is 6.07. The Bertz CT molecular complexity index is 484. The molecule has 0 spiro atoms. The van der Waals surface area contributed by atoms with E-state index in [0.717, 1.165) is 36.3 Å². The summed E-state index contributed by atoms with van der Waals surface area (Å²) in [4.78, 5) is 14.9. The highest BCUT2D eigenvalue weighted by Gasteiger charge is 2.28. The molecule has 1 aliphatic rings. The van der Waals surface area contributed by atoms with Crippen LogP contribution in [0, 0.1) is 12.8 Å². The SMILES string of the molecule is CCNc1ccc(C)cc1C(=O)N1CC(C)CCC1C. The number of benzene rings is 1. The molecule has 0 saturated carbocycles. The van der Waals surface area contributed by atoms with Crippen LogP contribution in [-0.2, 0) is 0 Å². The van der Waals surface area contributed by atoms with E-state index in [-0.39, 0.29) is 5.91 Å². The van der Waals surface area contributed by atoms with Gasteiger partial charge in [0.2, 0.25) is 0 Å². The molecule has 1 aromatic rings. The third kappa shape index (κ3) is 3.14. The van der Waals surface area contributed by atoms with E-state index in [1.807, 2.05) is 24.0 Å². The Labute approximate surface area is 122 Å². The van der Waals surface area contributed by atoms with Gasteiger partial charge in [0.15, 0.2) is 0 Å².